The third-order valence-corrected chi connectivity index (χ3v) is 2.12. The van der Waals surface area contributed by atoms with E-state index in [1.807, 2.05) is 0 Å². The predicted octanol–water partition coefficient (Wildman–Crippen LogP) is 1.47. The molecule has 54 valence electrons. The van der Waals surface area contributed by atoms with Crippen molar-refractivity contribution in [1.82, 2.24) is 0 Å². The molecule has 0 spiro atoms. The largest absolute Gasteiger partial charge is 0.330 e. The van der Waals surface area contributed by atoms with Crippen LogP contribution in [0.3, 0.4) is 0 Å². The maximum absolute atomic E-state index is 12.8. The summed E-state index contributed by atoms with van der Waals surface area (Å²) in [7, 11) is 0. The average Bonchev–Trinajstić information content (AvgIpc) is 1.89. The second kappa shape index (κ2) is 3.16. The van der Waals surface area contributed by atoms with Gasteiger partial charge < -0.3 is 5.73 Å². The molecule has 0 amide bonds. The molecule has 0 saturated heterocycles. The van der Waals surface area contributed by atoms with Gasteiger partial charge in [0.1, 0.15) is 6.17 Å². The minimum absolute atomic E-state index is 0.166. The monoisotopic (exact) mass is 131 g/mol. The van der Waals surface area contributed by atoms with E-state index in [0.29, 0.717) is 6.54 Å². The number of halogens is 1. The van der Waals surface area contributed by atoms with Gasteiger partial charge in [-0.15, -0.1) is 0 Å². The summed E-state index contributed by atoms with van der Waals surface area (Å²) in [5.74, 6) is 0.166. The van der Waals surface area contributed by atoms with E-state index < -0.39 is 6.17 Å². The number of alkyl halides is 1. The van der Waals surface area contributed by atoms with Crippen molar-refractivity contribution in [2.24, 2.45) is 11.7 Å². The van der Waals surface area contributed by atoms with Gasteiger partial charge in [0.15, 0.2) is 0 Å². The Hall–Kier alpha value is -0.110. The van der Waals surface area contributed by atoms with Crippen LogP contribution in [-0.2, 0) is 0 Å². The molecule has 1 aliphatic carbocycles. The van der Waals surface area contributed by atoms with Crippen LogP contribution in [0.25, 0.3) is 0 Å². The highest BCUT2D eigenvalue weighted by Gasteiger charge is 2.22. The lowest BCUT2D eigenvalue weighted by atomic mass is 9.88. The molecule has 2 heteroatoms. The van der Waals surface area contributed by atoms with Gasteiger partial charge in [-0.1, -0.05) is 12.8 Å². The lowest BCUT2D eigenvalue weighted by Crippen LogP contribution is -2.27. The number of hydrogen-bond acceptors (Lipinski definition) is 1. The van der Waals surface area contributed by atoms with Gasteiger partial charge in [0.2, 0.25) is 0 Å². The van der Waals surface area contributed by atoms with Crippen LogP contribution >= 0.6 is 0 Å². The number of hydrogen-bond donors (Lipinski definition) is 1. The predicted molar refractivity (Wildman–Crippen MR) is 35.9 cm³/mol. The Morgan fingerprint density at radius 2 is 2.00 bits per heavy atom. The second-order valence-corrected chi connectivity index (χ2v) is 2.80. The lowest BCUT2D eigenvalue weighted by Gasteiger charge is -2.23. The topological polar surface area (TPSA) is 26.0 Å². The highest BCUT2D eigenvalue weighted by Crippen LogP contribution is 2.25. The molecule has 1 fully saturated rings. The molecule has 0 aromatic rings. The molecule has 0 radical (unpaired) electrons. The van der Waals surface area contributed by atoms with Crippen LogP contribution in [0.2, 0.25) is 0 Å². The fourth-order valence-corrected chi connectivity index (χ4v) is 1.43. The highest BCUT2D eigenvalue weighted by atomic mass is 19.1. The maximum Gasteiger partial charge on any atom is 0.104 e. The van der Waals surface area contributed by atoms with Crippen LogP contribution in [0.5, 0.6) is 0 Å². The molecule has 2 atom stereocenters. The van der Waals surface area contributed by atoms with Crippen LogP contribution in [0.1, 0.15) is 25.7 Å². The molecule has 1 aliphatic rings. The highest BCUT2D eigenvalue weighted by molar-refractivity contribution is 4.74. The minimum Gasteiger partial charge on any atom is -0.330 e. The van der Waals surface area contributed by atoms with Crippen molar-refractivity contribution in [3.63, 3.8) is 0 Å². The maximum atomic E-state index is 12.8. The van der Waals surface area contributed by atoms with Crippen molar-refractivity contribution in [1.29, 1.82) is 0 Å². The first kappa shape index (κ1) is 7.00. The zero-order valence-corrected chi connectivity index (χ0v) is 5.65. The van der Waals surface area contributed by atoms with Crippen molar-refractivity contribution in [2.75, 3.05) is 6.54 Å². The standard InChI is InChI=1S/C7H14FN/c8-7-4-2-1-3-6(7)5-9/h6-7H,1-5,9H2. The quantitative estimate of drug-likeness (QED) is 0.573. The SMILES string of the molecule is NCC1CCCCC1F. The lowest BCUT2D eigenvalue weighted by molar-refractivity contribution is 0.171. The van der Waals surface area contributed by atoms with E-state index in [4.69, 9.17) is 5.73 Å². The van der Waals surface area contributed by atoms with Gasteiger partial charge >= 0.3 is 0 Å². The zero-order valence-electron chi connectivity index (χ0n) is 5.65. The first-order chi connectivity index (χ1) is 4.34. The fourth-order valence-electron chi connectivity index (χ4n) is 1.43. The summed E-state index contributed by atoms with van der Waals surface area (Å²) in [6.07, 6.45) is 3.35. The molecule has 1 rings (SSSR count). The van der Waals surface area contributed by atoms with Crippen LogP contribution in [0, 0.1) is 5.92 Å². The molecule has 0 heterocycles. The van der Waals surface area contributed by atoms with Gasteiger partial charge in [0.05, 0.1) is 0 Å². The van der Waals surface area contributed by atoms with Gasteiger partial charge in [-0.05, 0) is 19.4 Å². The zero-order chi connectivity index (χ0) is 6.69. The van der Waals surface area contributed by atoms with E-state index in [9.17, 15) is 4.39 Å². The van der Waals surface area contributed by atoms with E-state index in [-0.39, 0.29) is 5.92 Å². The molecule has 0 bridgehead atoms. The third kappa shape index (κ3) is 1.65. The van der Waals surface area contributed by atoms with E-state index >= 15 is 0 Å². The van der Waals surface area contributed by atoms with Crippen LogP contribution in [0.15, 0.2) is 0 Å². The van der Waals surface area contributed by atoms with E-state index in [1.54, 1.807) is 0 Å². The first-order valence-corrected chi connectivity index (χ1v) is 3.68. The molecule has 1 saturated carbocycles. The molecule has 0 aromatic carbocycles. The van der Waals surface area contributed by atoms with Gasteiger partial charge in [-0.3, -0.25) is 0 Å². The molecule has 1 nitrogen and oxygen atoms in total. The summed E-state index contributed by atoms with van der Waals surface area (Å²) >= 11 is 0. The van der Waals surface area contributed by atoms with Crippen LogP contribution in [0.4, 0.5) is 4.39 Å². The minimum atomic E-state index is -0.608. The normalized spacial score (nSPS) is 36.7. The Labute approximate surface area is 55.4 Å². The smallest absolute Gasteiger partial charge is 0.104 e. The summed E-state index contributed by atoms with van der Waals surface area (Å²) in [5, 5.41) is 0. The average molecular weight is 131 g/mol. The van der Waals surface area contributed by atoms with Crippen molar-refractivity contribution >= 4 is 0 Å². The summed E-state index contributed by atoms with van der Waals surface area (Å²) < 4.78 is 12.8. The molecule has 2 N–H and O–H groups in total. The van der Waals surface area contributed by atoms with E-state index in [1.165, 1.54) is 6.42 Å². The summed E-state index contributed by atoms with van der Waals surface area (Å²) in [5.41, 5.74) is 5.35. The Morgan fingerprint density at radius 1 is 1.33 bits per heavy atom. The first-order valence-electron chi connectivity index (χ1n) is 3.68. The van der Waals surface area contributed by atoms with Crippen molar-refractivity contribution in [3.05, 3.63) is 0 Å². The Bertz CT molecular complexity index is 85.0. The van der Waals surface area contributed by atoms with Crippen molar-refractivity contribution in [3.8, 4) is 0 Å². The van der Waals surface area contributed by atoms with Crippen molar-refractivity contribution < 1.29 is 4.39 Å². The molecule has 9 heavy (non-hydrogen) atoms. The summed E-state index contributed by atoms with van der Waals surface area (Å²) in [4.78, 5) is 0. The fraction of sp³-hybridized carbons (Fsp3) is 1.00. The van der Waals surface area contributed by atoms with E-state index in [0.717, 1.165) is 19.3 Å². The summed E-state index contributed by atoms with van der Waals surface area (Å²) in [6, 6.07) is 0. The molecular weight excluding hydrogens is 117 g/mol. The Balaban J connectivity index is 2.30. The van der Waals surface area contributed by atoms with Gasteiger partial charge in [0.25, 0.3) is 0 Å². The number of rotatable bonds is 1. The van der Waals surface area contributed by atoms with Gasteiger partial charge in [0, 0.05) is 5.92 Å². The molecular formula is C7H14FN. The van der Waals surface area contributed by atoms with Crippen LogP contribution in [-0.4, -0.2) is 12.7 Å². The molecule has 0 aliphatic heterocycles. The van der Waals surface area contributed by atoms with Crippen LogP contribution < -0.4 is 5.73 Å². The second-order valence-electron chi connectivity index (χ2n) is 2.80. The number of nitrogens with two attached hydrogens (primary N) is 1. The molecule has 2 unspecified atom stereocenters. The van der Waals surface area contributed by atoms with Crippen molar-refractivity contribution in [2.45, 2.75) is 31.9 Å². The van der Waals surface area contributed by atoms with Gasteiger partial charge in [-0.25, -0.2) is 4.39 Å². The van der Waals surface area contributed by atoms with Gasteiger partial charge in [-0.2, -0.15) is 0 Å². The van der Waals surface area contributed by atoms with E-state index in [2.05, 4.69) is 0 Å². The Morgan fingerprint density at radius 3 is 2.44 bits per heavy atom. The molecule has 0 aromatic heterocycles. The third-order valence-electron chi connectivity index (χ3n) is 2.12. The Kier molecular flexibility index (Phi) is 2.46. The summed E-state index contributed by atoms with van der Waals surface area (Å²) in [6.45, 7) is 0.529.